The Kier molecular flexibility index (Phi) is 8.90. The molecular formula is C13H30N2O. The van der Waals surface area contributed by atoms with E-state index in [2.05, 4.69) is 25.8 Å². The summed E-state index contributed by atoms with van der Waals surface area (Å²) in [6, 6.07) is 0. The first-order chi connectivity index (χ1) is 7.52. The molecule has 0 atom stereocenters. The van der Waals surface area contributed by atoms with Crippen molar-refractivity contribution in [2.45, 2.75) is 46.0 Å². The number of nitrogens with zero attached hydrogens (tertiary/aromatic N) is 1. The van der Waals surface area contributed by atoms with Crippen LogP contribution in [-0.4, -0.2) is 43.3 Å². The van der Waals surface area contributed by atoms with Gasteiger partial charge in [0.15, 0.2) is 0 Å². The van der Waals surface area contributed by atoms with Gasteiger partial charge in [0.1, 0.15) is 0 Å². The first kappa shape index (κ1) is 15.9. The molecule has 0 amide bonds. The Hall–Kier alpha value is -0.120. The highest BCUT2D eigenvalue weighted by Gasteiger charge is 2.14. The fourth-order valence-corrected chi connectivity index (χ4v) is 1.71. The van der Waals surface area contributed by atoms with E-state index in [0.29, 0.717) is 6.61 Å². The molecule has 3 nitrogen and oxygen atoms in total. The van der Waals surface area contributed by atoms with Gasteiger partial charge in [-0.25, -0.2) is 0 Å². The second-order valence-electron chi connectivity index (χ2n) is 5.56. The second-order valence-corrected chi connectivity index (χ2v) is 5.56. The number of aliphatic hydroxyl groups is 1. The van der Waals surface area contributed by atoms with Gasteiger partial charge in [-0.2, -0.15) is 0 Å². The van der Waals surface area contributed by atoms with Crippen LogP contribution in [0.1, 0.15) is 46.0 Å². The van der Waals surface area contributed by atoms with Crippen LogP contribution in [0, 0.1) is 5.41 Å². The average molecular weight is 230 g/mol. The molecule has 0 radical (unpaired) electrons. The van der Waals surface area contributed by atoms with Crippen LogP contribution in [0.25, 0.3) is 0 Å². The number of nitrogens with two attached hydrogens (primary N) is 1. The maximum Gasteiger partial charge on any atom is 0.0431 e. The Bertz CT molecular complexity index is 160. The Morgan fingerprint density at radius 2 is 1.69 bits per heavy atom. The molecule has 0 aromatic rings. The van der Waals surface area contributed by atoms with Gasteiger partial charge < -0.3 is 15.7 Å². The average Bonchev–Trinajstić information content (AvgIpc) is 2.24. The molecule has 0 rings (SSSR count). The first-order valence-electron chi connectivity index (χ1n) is 6.51. The van der Waals surface area contributed by atoms with Gasteiger partial charge in [-0.1, -0.05) is 13.8 Å². The minimum Gasteiger partial charge on any atom is -0.396 e. The lowest BCUT2D eigenvalue weighted by Gasteiger charge is -2.24. The number of hydrogen-bond acceptors (Lipinski definition) is 3. The zero-order chi connectivity index (χ0) is 12.4. The Morgan fingerprint density at radius 1 is 1.06 bits per heavy atom. The topological polar surface area (TPSA) is 49.5 Å². The van der Waals surface area contributed by atoms with Gasteiger partial charge in [0.25, 0.3) is 0 Å². The third kappa shape index (κ3) is 9.13. The van der Waals surface area contributed by atoms with Crippen molar-refractivity contribution in [3.05, 3.63) is 0 Å². The highest BCUT2D eigenvalue weighted by Crippen LogP contribution is 2.20. The maximum absolute atomic E-state index is 8.66. The molecule has 0 aromatic carbocycles. The lowest BCUT2D eigenvalue weighted by Crippen LogP contribution is -2.26. The molecule has 0 aliphatic rings. The molecule has 0 unspecified atom stereocenters. The normalized spacial score (nSPS) is 12.4. The van der Waals surface area contributed by atoms with Gasteiger partial charge in [0.05, 0.1) is 0 Å². The molecule has 0 heterocycles. The Balaban J connectivity index is 3.40. The zero-order valence-electron chi connectivity index (χ0n) is 11.3. The van der Waals surface area contributed by atoms with Crippen LogP contribution in [0.3, 0.4) is 0 Å². The molecule has 0 saturated carbocycles. The smallest absolute Gasteiger partial charge is 0.0431 e. The summed E-state index contributed by atoms with van der Waals surface area (Å²) >= 11 is 0. The quantitative estimate of drug-likeness (QED) is 0.563. The third-order valence-electron chi connectivity index (χ3n) is 3.14. The maximum atomic E-state index is 8.66. The summed E-state index contributed by atoms with van der Waals surface area (Å²) in [5.74, 6) is 0. The molecule has 0 fully saturated rings. The molecule has 0 aliphatic heterocycles. The fourth-order valence-electron chi connectivity index (χ4n) is 1.71. The van der Waals surface area contributed by atoms with E-state index >= 15 is 0 Å². The number of unbranched alkanes of at least 4 members (excludes halogenated alkanes) is 2. The largest absolute Gasteiger partial charge is 0.396 e. The van der Waals surface area contributed by atoms with Crippen LogP contribution in [-0.2, 0) is 0 Å². The van der Waals surface area contributed by atoms with Gasteiger partial charge in [0.2, 0.25) is 0 Å². The van der Waals surface area contributed by atoms with Crippen molar-refractivity contribution in [3.63, 3.8) is 0 Å². The van der Waals surface area contributed by atoms with E-state index in [1.165, 1.54) is 19.3 Å². The monoisotopic (exact) mass is 230 g/mol. The van der Waals surface area contributed by atoms with E-state index < -0.39 is 0 Å². The van der Waals surface area contributed by atoms with E-state index in [9.17, 15) is 0 Å². The molecule has 3 heteroatoms. The number of hydrogen-bond donors (Lipinski definition) is 2. The summed E-state index contributed by atoms with van der Waals surface area (Å²) in [7, 11) is 2.17. The van der Waals surface area contributed by atoms with Crippen LogP contribution >= 0.6 is 0 Å². The summed E-state index contributed by atoms with van der Waals surface area (Å²) in [5, 5.41) is 8.66. The van der Waals surface area contributed by atoms with E-state index in [0.717, 1.165) is 32.5 Å². The number of aliphatic hydroxyl groups excluding tert-OH is 1. The van der Waals surface area contributed by atoms with Crippen molar-refractivity contribution in [3.8, 4) is 0 Å². The lowest BCUT2D eigenvalue weighted by molar-refractivity contribution is 0.260. The van der Waals surface area contributed by atoms with Crippen LogP contribution in [0.15, 0.2) is 0 Å². The first-order valence-corrected chi connectivity index (χ1v) is 6.51. The summed E-state index contributed by atoms with van der Waals surface area (Å²) < 4.78 is 0. The predicted molar refractivity (Wildman–Crippen MR) is 70.5 cm³/mol. The van der Waals surface area contributed by atoms with E-state index in [4.69, 9.17) is 10.8 Å². The third-order valence-corrected chi connectivity index (χ3v) is 3.14. The van der Waals surface area contributed by atoms with Crippen LogP contribution in [0.5, 0.6) is 0 Å². The molecule has 0 aromatic heterocycles. The van der Waals surface area contributed by atoms with Crippen molar-refractivity contribution in [1.29, 1.82) is 0 Å². The van der Waals surface area contributed by atoms with Crippen molar-refractivity contribution in [2.75, 3.05) is 33.3 Å². The van der Waals surface area contributed by atoms with Gasteiger partial charge >= 0.3 is 0 Å². The summed E-state index contributed by atoms with van der Waals surface area (Å²) in [6.07, 6.45) is 5.69. The van der Waals surface area contributed by atoms with Crippen molar-refractivity contribution >= 4 is 0 Å². The van der Waals surface area contributed by atoms with Crippen LogP contribution in [0.2, 0.25) is 0 Å². The molecule has 98 valence electrons. The molecule has 0 bridgehead atoms. The summed E-state index contributed by atoms with van der Waals surface area (Å²) in [6.45, 7) is 7.86. The molecule has 0 spiro atoms. The van der Waals surface area contributed by atoms with Crippen LogP contribution < -0.4 is 5.73 Å². The van der Waals surface area contributed by atoms with Gasteiger partial charge in [-0.15, -0.1) is 0 Å². The highest BCUT2D eigenvalue weighted by molar-refractivity contribution is 4.69. The second kappa shape index (κ2) is 8.97. The van der Waals surface area contributed by atoms with Crippen LogP contribution in [0.4, 0.5) is 0 Å². The van der Waals surface area contributed by atoms with Gasteiger partial charge in [-0.05, 0) is 64.2 Å². The highest BCUT2D eigenvalue weighted by atomic mass is 16.2. The lowest BCUT2D eigenvalue weighted by atomic mass is 9.88. The SMILES string of the molecule is CN(CCCCCO)CCCC(C)(C)CN. The van der Waals surface area contributed by atoms with E-state index in [1.807, 2.05) is 0 Å². The van der Waals surface area contributed by atoms with Gasteiger partial charge in [0, 0.05) is 6.61 Å². The minimum absolute atomic E-state index is 0.289. The standard InChI is InChI=1S/C13H30N2O/c1-13(2,12-14)8-7-10-15(3)9-5-4-6-11-16/h16H,4-12,14H2,1-3H3. The Labute approximate surface area is 101 Å². The van der Waals surface area contributed by atoms with E-state index in [-0.39, 0.29) is 5.41 Å². The Morgan fingerprint density at radius 3 is 2.25 bits per heavy atom. The summed E-state index contributed by atoms with van der Waals surface area (Å²) in [4.78, 5) is 2.38. The van der Waals surface area contributed by atoms with Crippen molar-refractivity contribution in [2.24, 2.45) is 11.1 Å². The van der Waals surface area contributed by atoms with Crippen molar-refractivity contribution < 1.29 is 5.11 Å². The fraction of sp³-hybridized carbons (Fsp3) is 1.00. The molecule has 0 aliphatic carbocycles. The molecular weight excluding hydrogens is 200 g/mol. The molecule has 16 heavy (non-hydrogen) atoms. The zero-order valence-corrected chi connectivity index (χ0v) is 11.3. The van der Waals surface area contributed by atoms with E-state index in [1.54, 1.807) is 0 Å². The van der Waals surface area contributed by atoms with Crippen molar-refractivity contribution in [1.82, 2.24) is 4.90 Å². The molecule has 3 N–H and O–H groups in total. The minimum atomic E-state index is 0.289. The predicted octanol–water partition coefficient (Wildman–Crippen LogP) is 1.85. The number of rotatable bonds is 10. The molecule has 0 saturated heterocycles. The van der Waals surface area contributed by atoms with Gasteiger partial charge in [-0.3, -0.25) is 0 Å². The summed E-state index contributed by atoms with van der Waals surface area (Å²) in [5.41, 5.74) is 5.99.